The molecule has 88 valence electrons. The summed E-state index contributed by atoms with van der Waals surface area (Å²) in [5, 5.41) is 0. The van der Waals surface area contributed by atoms with Crippen LogP contribution in [0.2, 0.25) is 0 Å². The van der Waals surface area contributed by atoms with Crippen molar-refractivity contribution in [2.24, 2.45) is 4.74 Å². The van der Waals surface area contributed by atoms with Crippen LogP contribution in [0.5, 0.6) is 0 Å². The molecule has 0 radical (unpaired) electrons. The van der Waals surface area contributed by atoms with Crippen molar-refractivity contribution >= 4 is 24.6 Å². The number of hydrogen-bond acceptors (Lipinski definition) is 2. The zero-order valence-electron chi connectivity index (χ0n) is 11.0. The number of nitrogens with zero attached hydrogens (tertiary/aromatic N) is 1. The molecule has 0 N–H and O–H groups in total. The molecule has 0 aromatic heterocycles. The van der Waals surface area contributed by atoms with Crippen molar-refractivity contribution in [2.45, 2.75) is 46.3 Å². The van der Waals surface area contributed by atoms with Gasteiger partial charge in [-0.05, 0) is 31.9 Å². The molecule has 0 fully saturated rings. The molecule has 0 heterocycles. The van der Waals surface area contributed by atoms with Gasteiger partial charge >= 0.3 is 0 Å². The smallest absolute Gasteiger partial charge is 0.0801 e. The van der Waals surface area contributed by atoms with Gasteiger partial charge in [0, 0.05) is 4.75 Å². The molecule has 1 aromatic carbocycles. The van der Waals surface area contributed by atoms with Crippen molar-refractivity contribution in [2.75, 3.05) is 0 Å². The summed E-state index contributed by atoms with van der Waals surface area (Å²) in [5.74, 6) is 0. The van der Waals surface area contributed by atoms with Crippen LogP contribution in [-0.2, 0) is 0 Å². The lowest BCUT2D eigenvalue weighted by Crippen LogP contribution is -2.02. The summed E-state index contributed by atoms with van der Waals surface area (Å²) >= 11 is 1.86. The molecule has 3 heteroatoms. The van der Waals surface area contributed by atoms with E-state index in [4.69, 9.17) is 0 Å². The Balaban J connectivity index is 2.90. The SMILES string of the molecule is Cc1cc(C)c(N=PSC(C)(C)C)c(C)c1. The largest absolute Gasteiger partial charge is 0.220 e. The molecule has 1 nitrogen and oxygen atoms in total. The molecular weight excluding hydrogens is 233 g/mol. The first-order valence-corrected chi connectivity index (χ1v) is 7.73. The summed E-state index contributed by atoms with van der Waals surface area (Å²) < 4.78 is 4.94. The summed E-state index contributed by atoms with van der Waals surface area (Å²) in [6.07, 6.45) is 0. The Morgan fingerprint density at radius 3 is 2.00 bits per heavy atom. The second-order valence-corrected chi connectivity index (χ2v) is 7.94. The van der Waals surface area contributed by atoms with Gasteiger partial charge in [0.1, 0.15) is 0 Å². The number of rotatable bonds is 2. The third-order valence-electron chi connectivity index (χ3n) is 2.09. The normalized spacial score (nSPS) is 12.4. The molecule has 0 aliphatic rings. The predicted octanol–water partition coefficient (Wildman–Crippen LogP) is 5.82. The van der Waals surface area contributed by atoms with Gasteiger partial charge in [0.2, 0.25) is 0 Å². The van der Waals surface area contributed by atoms with Gasteiger partial charge in [0.15, 0.2) is 0 Å². The van der Waals surface area contributed by atoms with Crippen LogP contribution in [0.3, 0.4) is 0 Å². The molecule has 0 aliphatic carbocycles. The summed E-state index contributed by atoms with van der Waals surface area (Å²) in [6.45, 7) is 13.1. The highest BCUT2D eigenvalue weighted by Gasteiger charge is 2.09. The molecule has 0 atom stereocenters. The molecule has 1 aromatic rings. The van der Waals surface area contributed by atoms with Gasteiger partial charge in [0.25, 0.3) is 0 Å². The highest BCUT2D eigenvalue weighted by atomic mass is 32.7. The number of benzene rings is 1. The van der Waals surface area contributed by atoms with Crippen molar-refractivity contribution in [3.05, 3.63) is 28.8 Å². The van der Waals surface area contributed by atoms with E-state index in [2.05, 4.69) is 58.4 Å². The number of hydrogen-bond donors (Lipinski definition) is 0. The van der Waals surface area contributed by atoms with E-state index in [0.717, 1.165) is 13.3 Å². The van der Waals surface area contributed by atoms with Crippen molar-refractivity contribution in [3.8, 4) is 0 Å². The van der Waals surface area contributed by atoms with Crippen LogP contribution in [0.25, 0.3) is 0 Å². The summed E-state index contributed by atoms with van der Waals surface area (Å²) in [7, 11) is 1.09. The van der Waals surface area contributed by atoms with Gasteiger partial charge in [-0.3, -0.25) is 0 Å². The van der Waals surface area contributed by atoms with Crippen molar-refractivity contribution in [3.63, 3.8) is 0 Å². The average Bonchev–Trinajstić information content (AvgIpc) is 2.07. The molecule has 16 heavy (non-hydrogen) atoms. The van der Waals surface area contributed by atoms with Crippen LogP contribution < -0.4 is 0 Å². The van der Waals surface area contributed by atoms with E-state index in [9.17, 15) is 0 Å². The third-order valence-corrected chi connectivity index (χ3v) is 5.13. The van der Waals surface area contributed by atoms with Crippen molar-refractivity contribution in [1.82, 2.24) is 0 Å². The fourth-order valence-electron chi connectivity index (χ4n) is 1.51. The molecule has 0 saturated heterocycles. The lowest BCUT2D eigenvalue weighted by Gasteiger charge is -2.12. The Hall–Kier alpha value is -0.330. The van der Waals surface area contributed by atoms with E-state index >= 15 is 0 Å². The average molecular weight is 253 g/mol. The first-order chi connectivity index (χ1) is 7.29. The minimum atomic E-state index is 0.275. The maximum atomic E-state index is 4.67. The van der Waals surface area contributed by atoms with Crippen LogP contribution in [0.1, 0.15) is 37.5 Å². The van der Waals surface area contributed by atoms with E-state index in [1.165, 1.54) is 16.7 Å². The van der Waals surface area contributed by atoms with E-state index in [0.29, 0.717) is 0 Å². The van der Waals surface area contributed by atoms with Gasteiger partial charge in [-0.1, -0.05) is 49.8 Å². The molecule has 0 bridgehead atoms. The second kappa shape index (κ2) is 5.33. The fraction of sp³-hybridized carbons (Fsp3) is 0.538. The monoisotopic (exact) mass is 253 g/mol. The minimum Gasteiger partial charge on any atom is -0.220 e. The molecule has 0 aliphatic heterocycles. The molecule has 0 unspecified atom stereocenters. The lowest BCUT2D eigenvalue weighted by atomic mass is 10.1. The molecule has 0 spiro atoms. The number of aryl methyl sites for hydroxylation is 3. The standard InChI is InChI=1S/C13H20NPS/c1-9-7-10(2)12(11(3)8-9)14-15-16-13(4,5)6/h7-8H,1-6H3. The molecule has 0 amide bonds. The van der Waals surface area contributed by atoms with Crippen LogP contribution in [-0.4, -0.2) is 4.75 Å². The molecule has 1 rings (SSSR count). The van der Waals surface area contributed by atoms with Crippen molar-refractivity contribution < 1.29 is 0 Å². The van der Waals surface area contributed by atoms with Crippen LogP contribution in [0.15, 0.2) is 16.9 Å². The van der Waals surface area contributed by atoms with Gasteiger partial charge in [-0.25, -0.2) is 4.74 Å². The van der Waals surface area contributed by atoms with Gasteiger partial charge in [-0.2, -0.15) is 0 Å². The van der Waals surface area contributed by atoms with Crippen LogP contribution >= 0.6 is 19.0 Å². The highest BCUT2D eigenvalue weighted by molar-refractivity contribution is 8.47. The quantitative estimate of drug-likeness (QED) is 0.605. The van der Waals surface area contributed by atoms with Crippen LogP contribution in [0, 0.1) is 20.8 Å². The Morgan fingerprint density at radius 1 is 1.06 bits per heavy atom. The molecule has 0 saturated carbocycles. The summed E-state index contributed by atoms with van der Waals surface area (Å²) in [5.41, 5.74) is 5.03. The predicted molar refractivity (Wildman–Crippen MR) is 77.0 cm³/mol. The zero-order chi connectivity index (χ0) is 12.3. The van der Waals surface area contributed by atoms with E-state index in [1.807, 2.05) is 11.4 Å². The highest BCUT2D eigenvalue weighted by Crippen LogP contribution is 2.39. The first kappa shape index (κ1) is 13.7. The van der Waals surface area contributed by atoms with Gasteiger partial charge < -0.3 is 0 Å². The Labute approximate surface area is 105 Å². The Kier molecular flexibility index (Phi) is 4.58. The summed E-state index contributed by atoms with van der Waals surface area (Å²) in [4.78, 5) is 0. The zero-order valence-corrected chi connectivity index (χ0v) is 12.7. The maximum Gasteiger partial charge on any atom is 0.0801 e. The minimum absolute atomic E-state index is 0.275. The maximum absolute atomic E-state index is 4.67. The molecular formula is C13H20NPS. The first-order valence-electron chi connectivity index (χ1n) is 5.47. The Morgan fingerprint density at radius 2 is 1.56 bits per heavy atom. The lowest BCUT2D eigenvalue weighted by molar-refractivity contribution is 0.810. The third kappa shape index (κ3) is 4.27. The van der Waals surface area contributed by atoms with Gasteiger partial charge in [0.05, 0.1) is 13.3 Å². The van der Waals surface area contributed by atoms with Gasteiger partial charge in [-0.15, -0.1) is 0 Å². The second-order valence-electron chi connectivity index (χ2n) is 5.13. The Bertz CT molecular complexity index is 382. The fourth-order valence-corrected chi connectivity index (χ4v) is 3.30. The van der Waals surface area contributed by atoms with E-state index in [1.54, 1.807) is 0 Å². The summed E-state index contributed by atoms with van der Waals surface area (Å²) in [6, 6.07) is 4.40. The topological polar surface area (TPSA) is 12.4 Å². The van der Waals surface area contributed by atoms with Crippen LogP contribution in [0.4, 0.5) is 5.69 Å². The van der Waals surface area contributed by atoms with E-state index in [-0.39, 0.29) is 4.75 Å². The van der Waals surface area contributed by atoms with E-state index < -0.39 is 0 Å². The van der Waals surface area contributed by atoms with Crippen molar-refractivity contribution in [1.29, 1.82) is 0 Å².